The van der Waals surface area contributed by atoms with Gasteiger partial charge in [0.15, 0.2) is 5.13 Å². The number of benzene rings is 3. The van der Waals surface area contributed by atoms with Crippen molar-refractivity contribution in [2.24, 2.45) is 0 Å². The van der Waals surface area contributed by atoms with Gasteiger partial charge in [-0.3, -0.25) is 4.79 Å². The number of ether oxygens (including phenoxy) is 3. The number of anilines is 1. The Morgan fingerprint density at radius 2 is 1.57 bits per heavy atom. The van der Waals surface area contributed by atoms with E-state index in [1.54, 1.807) is 26.4 Å². The zero-order valence-corrected chi connectivity index (χ0v) is 19.9. The van der Waals surface area contributed by atoms with Gasteiger partial charge in [0.05, 0.1) is 36.8 Å². The Kier molecular flexibility index (Phi) is 6.20. The molecule has 0 saturated heterocycles. The lowest BCUT2D eigenvalue weighted by atomic mass is 10.0. The molecule has 0 bridgehead atoms. The maximum atomic E-state index is 12.9. The number of fused-ring (bicyclic) bond motifs is 1. The fraction of sp³-hybridized carbons (Fsp3) is 0.148. The van der Waals surface area contributed by atoms with Crippen LogP contribution < -0.4 is 14.8 Å². The molecule has 1 aliphatic heterocycles. The lowest BCUT2D eigenvalue weighted by molar-refractivity contribution is -0.118. The number of amides is 1. The van der Waals surface area contributed by atoms with E-state index in [1.165, 1.54) is 11.3 Å². The van der Waals surface area contributed by atoms with Gasteiger partial charge in [0.25, 0.3) is 0 Å². The number of rotatable bonds is 7. The van der Waals surface area contributed by atoms with Gasteiger partial charge in [-0.25, -0.2) is 9.78 Å². The number of nitrogens with zero attached hydrogens (tertiary/aromatic N) is 1. The molecule has 1 aliphatic rings. The van der Waals surface area contributed by atoms with Crippen LogP contribution in [0.4, 0.5) is 5.13 Å². The predicted molar refractivity (Wildman–Crippen MR) is 134 cm³/mol. The maximum Gasteiger partial charge on any atom is 0.339 e. The van der Waals surface area contributed by atoms with Crippen LogP contribution in [0.3, 0.4) is 0 Å². The summed E-state index contributed by atoms with van der Waals surface area (Å²) < 4.78 is 16.0. The summed E-state index contributed by atoms with van der Waals surface area (Å²) in [5.74, 6) is 0.811. The van der Waals surface area contributed by atoms with E-state index in [1.807, 2.05) is 60.7 Å². The highest BCUT2D eigenvalue weighted by molar-refractivity contribution is 7.19. The molecule has 176 valence electrons. The molecule has 1 N–H and O–H groups in total. The normalized spacial score (nSPS) is 14.2. The zero-order chi connectivity index (χ0) is 24.4. The van der Waals surface area contributed by atoms with Crippen LogP contribution in [0, 0.1) is 0 Å². The number of carbonyl (C=O) groups is 2. The third-order valence-electron chi connectivity index (χ3n) is 5.74. The molecule has 3 aromatic carbocycles. The smallest absolute Gasteiger partial charge is 0.339 e. The molecule has 4 aromatic rings. The van der Waals surface area contributed by atoms with Crippen molar-refractivity contribution in [1.29, 1.82) is 0 Å². The van der Waals surface area contributed by atoms with E-state index in [4.69, 9.17) is 19.2 Å². The van der Waals surface area contributed by atoms with Crippen molar-refractivity contribution in [2.75, 3.05) is 19.5 Å². The number of aromatic nitrogens is 1. The van der Waals surface area contributed by atoms with E-state index in [2.05, 4.69) is 5.32 Å². The second kappa shape index (κ2) is 9.60. The molecule has 0 aliphatic carbocycles. The number of methoxy groups -OCH3 is 2. The first kappa shape index (κ1) is 22.6. The largest absolute Gasteiger partial charge is 0.497 e. The fourth-order valence-electron chi connectivity index (χ4n) is 3.97. The van der Waals surface area contributed by atoms with E-state index in [9.17, 15) is 9.59 Å². The maximum absolute atomic E-state index is 12.9. The molecule has 5 rings (SSSR count). The first-order valence-corrected chi connectivity index (χ1v) is 11.8. The third kappa shape index (κ3) is 4.61. The molecule has 35 heavy (non-hydrogen) atoms. The van der Waals surface area contributed by atoms with Crippen LogP contribution in [0.1, 0.15) is 28.4 Å². The van der Waals surface area contributed by atoms with Gasteiger partial charge >= 0.3 is 5.97 Å². The molecule has 0 fully saturated rings. The van der Waals surface area contributed by atoms with Crippen LogP contribution >= 0.6 is 11.3 Å². The van der Waals surface area contributed by atoms with Crippen LogP contribution in [-0.4, -0.2) is 31.1 Å². The number of thiazole rings is 1. The van der Waals surface area contributed by atoms with E-state index < -0.39 is 12.1 Å². The quantitative estimate of drug-likeness (QED) is 0.336. The second-order valence-corrected chi connectivity index (χ2v) is 8.89. The summed E-state index contributed by atoms with van der Waals surface area (Å²) in [5.41, 5.74) is 3.82. The molecule has 1 atom stereocenters. The van der Waals surface area contributed by atoms with Crippen LogP contribution in [0.2, 0.25) is 0 Å². The van der Waals surface area contributed by atoms with E-state index in [-0.39, 0.29) is 12.3 Å². The van der Waals surface area contributed by atoms with E-state index >= 15 is 0 Å². The Bertz CT molecular complexity index is 1310. The van der Waals surface area contributed by atoms with Gasteiger partial charge < -0.3 is 19.5 Å². The Labute approximate surface area is 206 Å². The van der Waals surface area contributed by atoms with Crippen LogP contribution in [0.25, 0.3) is 21.7 Å². The van der Waals surface area contributed by atoms with Crippen molar-refractivity contribution >= 4 is 28.3 Å². The minimum Gasteiger partial charge on any atom is -0.497 e. The minimum atomic E-state index is -0.610. The van der Waals surface area contributed by atoms with Crippen molar-refractivity contribution in [3.8, 4) is 33.2 Å². The Balaban J connectivity index is 1.42. The summed E-state index contributed by atoms with van der Waals surface area (Å²) in [6.07, 6.45) is -0.598. The second-order valence-electron chi connectivity index (χ2n) is 7.89. The minimum absolute atomic E-state index is 0.0120. The molecular formula is C27H22N2O5S. The van der Waals surface area contributed by atoms with Crippen LogP contribution in [0.5, 0.6) is 11.5 Å². The molecule has 2 heterocycles. The summed E-state index contributed by atoms with van der Waals surface area (Å²) in [7, 11) is 3.24. The lowest BCUT2D eigenvalue weighted by Crippen LogP contribution is -2.15. The van der Waals surface area contributed by atoms with Gasteiger partial charge in [0.2, 0.25) is 5.91 Å². The standard InChI is InChI=1S/C27H22N2O5S/c1-32-18-11-7-16(8-12-18)24-25(17-9-13-19(33-2)14-10-17)35-27(29-24)28-23(30)15-22-20-5-3-4-6-21(20)26(31)34-22/h3-14,22H,15H2,1-2H3,(H,28,29,30)/t22-/m0/s1. The molecule has 8 heteroatoms. The summed E-state index contributed by atoms with van der Waals surface area (Å²) in [6.45, 7) is 0. The van der Waals surface area contributed by atoms with Crippen molar-refractivity contribution in [1.82, 2.24) is 4.98 Å². The SMILES string of the molecule is COc1ccc(-c2nc(NC(=O)C[C@@H]3OC(=O)c4ccccc43)sc2-c2ccc(OC)cc2)cc1. The van der Waals surface area contributed by atoms with Gasteiger partial charge in [0.1, 0.15) is 17.6 Å². The van der Waals surface area contributed by atoms with Crippen molar-refractivity contribution < 1.29 is 23.8 Å². The Morgan fingerprint density at radius 1 is 0.943 bits per heavy atom. The van der Waals surface area contributed by atoms with Crippen LogP contribution in [-0.2, 0) is 9.53 Å². The topological polar surface area (TPSA) is 86.8 Å². The fourth-order valence-corrected chi connectivity index (χ4v) is 4.98. The Hall–Kier alpha value is -4.17. The van der Waals surface area contributed by atoms with Gasteiger partial charge in [-0.2, -0.15) is 0 Å². The Morgan fingerprint density at radius 3 is 2.23 bits per heavy atom. The van der Waals surface area contributed by atoms with Crippen molar-refractivity contribution in [3.63, 3.8) is 0 Å². The number of hydrogen-bond acceptors (Lipinski definition) is 7. The molecule has 1 aromatic heterocycles. The highest BCUT2D eigenvalue weighted by atomic mass is 32.1. The zero-order valence-electron chi connectivity index (χ0n) is 19.1. The average Bonchev–Trinajstić information content (AvgIpc) is 3.45. The number of carbonyl (C=O) groups excluding carboxylic acids is 2. The van der Waals surface area contributed by atoms with Gasteiger partial charge in [-0.1, -0.05) is 29.5 Å². The number of cyclic esters (lactones) is 1. The number of nitrogens with one attached hydrogen (secondary N) is 1. The first-order chi connectivity index (χ1) is 17.1. The predicted octanol–water partition coefficient (Wildman–Crippen LogP) is 5.73. The molecule has 0 unspecified atom stereocenters. The molecule has 7 nitrogen and oxygen atoms in total. The summed E-state index contributed by atoms with van der Waals surface area (Å²) >= 11 is 1.38. The molecular weight excluding hydrogens is 464 g/mol. The number of esters is 1. The monoisotopic (exact) mass is 486 g/mol. The molecule has 1 amide bonds. The van der Waals surface area contributed by atoms with Gasteiger partial charge in [0, 0.05) is 11.1 Å². The molecule has 0 radical (unpaired) electrons. The third-order valence-corrected chi connectivity index (χ3v) is 6.76. The van der Waals surface area contributed by atoms with E-state index in [0.717, 1.165) is 38.8 Å². The van der Waals surface area contributed by atoms with Gasteiger partial charge in [-0.15, -0.1) is 0 Å². The van der Waals surface area contributed by atoms with Crippen molar-refractivity contribution in [2.45, 2.75) is 12.5 Å². The van der Waals surface area contributed by atoms with Crippen LogP contribution in [0.15, 0.2) is 72.8 Å². The van der Waals surface area contributed by atoms with Gasteiger partial charge in [-0.05, 0) is 60.2 Å². The summed E-state index contributed by atoms with van der Waals surface area (Å²) in [6, 6.07) is 22.4. The number of hydrogen-bond donors (Lipinski definition) is 1. The molecule has 0 spiro atoms. The first-order valence-electron chi connectivity index (χ1n) is 10.9. The molecule has 0 saturated carbocycles. The lowest BCUT2D eigenvalue weighted by Gasteiger charge is -2.09. The summed E-state index contributed by atoms with van der Waals surface area (Å²) in [4.78, 5) is 30.6. The van der Waals surface area contributed by atoms with E-state index in [0.29, 0.717) is 10.7 Å². The highest BCUT2D eigenvalue weighted by Gasteiger charge is 2.32. The average molecular weight is 487 g/mol. The van der Waals surface area contributed by atoms with Crippen molar-refractivity contribution in [3.05, 3.63) is 83.9 Å². The highest BCUT2D eigenvalue weighted by Crippen LogP contribution is 2.40. The summed E-state index contributed by atoms with van der Waals surface area (Å²) in [5, 5.41) is 3.35.